The molecule has 86 valence electrons. The van der Waals surface area contributed by atoms with Gasteiger partial charge in [-0.05, 0) is 25.9 Å². The molecule has 0 heterocycles. The molecule has 0 aliphatic carbocycles. The van der Waals surface area contributed by atoms with Crippen LogP contribution in [0.25, 0.3) is 0 Å². The van der Waals surface area contributed by atoms with E-state index in [-0.39, 0.29) is 6.04 Å². The summed E-state index contributed by atoms with van der Waals surface area (Å²) in [7, 11) is 1.72. The fourth-order valence-corrected chi connectivity index (χ4v) is 1.45. The highest BCUT2D eigenvalue weighted by atomic mass is 16.5. The van der Waals surface area contributed by atoms with E-state index in [4.69, 9.17) is 10.5 Å². The number of rotatable bonds is 9. The summed E-state index contributed by atoms with van der Waals surface area (Å²) in [5.41, 5.74) is 5.99. The van der Waals surface area contributed by atoms with Crippen LogP contribution < -0.4 is 5.73 Å². The summed E-state index contributed by atoms with van der Waals surface area (Å²) in [6.07, 6.45) is 3.48. The van der Waals surface area contributed by atoms with Crippen molar-refractivity contribution < 1.29 is 4.74 Å². The van der Waals surface area contributed by atoms with Crippen molar-refractivity contribution >= 4 is 0 Å². The molecule has 0 amide bonds. The van der Waals surface area contributed by atoms with Gasteiger partial charge in [-0.3, -0.25) is 0 Å². The quantitative estimate of drug-likeness (QED) is 0.615. The lowest BCUT2D eigenvalue weighted by atomic mass is 10.2. The van der Waals surface area contributed by atoms with Crippen LogP contribution in [-0.2, 0) is 4.74 Å². The van der Waals surface area contributed by atoms with Crippen molar-refractivity contribution in [3.8, 4) is 0 Å². The number of likely N-dealkylation sites (N-methyl/N-ethyl adjacent to an activating group) is 1. The van der Waals surface area contributed by atoms with Gasteiger partial charge in [0, 0.05) is 26.3 Å². The average molecular weight is 202 g/mol. The van der Waals surface area contributed by atoms with E-state index in [1.807, 2.05) is 0 Å². The number of hydrogen-bond donors (Lipinski definition) is 1. The molecule has 3 heteroatoms. The van der Waals surface area contributed by atoms with Gasteiger partial charge in [0.1, 0.15) is 0 Å². The number of nitrogens with zero attached hydrogens (tertiary/aromatic N) is 1. The lowest BCUT2D eigenvalue weighted by Gasteiger charge is -2.23. The van der Waals surface area contributed by atoms with E-state index in [0.29, 0.717) is 0 Å². The normalized spacial score (nSPS) is 13.5. The molecule has 14 heavy (non-hydrogen) atoms. The molecular formula is C11H26N2O. The minimum atomic E-state index is 0.256. The highest BCUT2D eigenvalue weighted by molar-refractivity contribution is 4.67. The first-order valence-electron chi connectivity index (χ1n) is 5.71. The van der Waals surface area contributed by atoms with Gasteiger partial charge in [0.05, 0.1) is 0 Å². The molecule has 3 nitrogen and oxygen atoms in total. The number of nitrogens with two attached hydrogens (primary N) is 1. The third-order valence-corrected chi connectivity index (χ3v) is 2.46. The molecule has 2 N–H and O–H groups in total. The van der Waals surface area contributed by atoms with Gasteiger partial charge >= 0.3 is 0 Å². The maximum atomic E-state index is 5.99. The van der Waals surface area contributed by atoms with Gasteiger partial charge in [-0.1, -0.05) is 20.3 Å². The lowest BCUT2D eigenvalue weighted by molar-refractivity contribution is 0.175. The van der Waals surface area contributed by atoms with Crippen LogP contribution in [0.4, 0.5) is 0 Å². The summed E-state index contributed by atoms with van der Waals surface area (Å²) in [6.45, 7) is 8.46. The molecule has 1 unspecified atom stereocenters. The largest absolute Gasteiger partial charge is 0.385 e. The Labute approximate surface area is 88.6 Å². The first-order chi connectivity index (χ1) is 6.74. The fraction of sp³-hybridized carbons (Fsp3) is 1.00. The van der Waals surface area contributed by atoms with Gasteiger partial charge in [-0.25, -0.2) is 0 Å². The predicted molar refractivity (Wildman–Crippen MR) is 61.5 cm³/mol. The zero-order chi connectivity index (χ0) is 10.8. The Hall–Kier alpha value is -0.120. The van der Waals surface area contributed by atoms with Crippen molar-refractivity contribution in [3.63, 3.8) is 0 Å². The van der Waals surface area contributed by atoms with Gasteiger partial charge in [0.25, 0.3) is 0 Å². The zero-order valence-corrected chi connectivity index (χ0v) is 9.96. The van der Waals surface area contributed by atoms with Crippen LogP contribution in [0.15, 0.2) is 0 Å². The standard InChI is InChI=1S/C11H26N2O/c1-4-6-8-13(5-2)10-11(12)7-9-14-3/h11H,4-10,12H2,1-3H3. The van der Waals surface area contributed by atoms with E-state index in [1.54, 1.807) is 7.11 Å². The molecule has 1 atom stereocenters. The van der Waals surface area contributed by atoms with Crippen LogP contribution >= 0.6 is 0 Å². The smallest absolute Gasteiger partial charge is 0.0477 e. The van der Waals surface area contributed by atoms with Crippen LogP contribution in [0.1, 0.15) is 33.1 Å². The summed E-state index contributed by atoms with van der Waals surface area (Å²) in [5, 5.41) is 0. The summed E-state index contributed by atoms with van der Waals surface area (Å²) < 4.78 is 5.01. The van der Waals surface area contributed by atoms with Gasteiger partial charge in [-0.2, -0.15) is 0 Å². The maximum absolute atomic E-state index is 5.99. The minimum absolute atomic E-state index is 0.256. The van der Waals surface area contributed by atoms with Crippen LogP contribution in [0.3, 0.4) is 0 Å². The van der Waals surface area contributed by atoms with Crippen LogP contribution in [0.2, 0.25) is 0 Å². The molecule has 0 rings (SSSR count). The molecule has 0 bridgehead atoms. The number of methoxy groups -OCH3 is 1. The van der Waals surface area contributed by atoms with Crippen LogP contribution in [0.5, 0.6) is 0 Å². The molecule has 0 aromatic rings. The summed E-state index contributed by atoms with van der Waals surface area (Å²) >= 11 is 0. The second-order valence-electron chi connectivity index (χ2n) is 3.79. The minimum Gasteiger partial charge on any atom is -0.385 e. The Morgan fingerprint density at radius 2 is 2.07 bits per heavy atom. The predicted octanol–water partition coefficient (Wildman–Crippen LogP) is 1.47. The van der Waals surface area contributed by atoms with Gasteiger partial charge in [-0.15, -0.1) is 0 Å². The van der Waals surface area contributed by atoms with E-state index >= 15 is 0 Å². The van der Waals surface area contributed by atoms with Crippen molar-refractivity contribution in [2.24, 2.45) is 5.73 Å². The van der Waals surface area contributed by atoms with Gasteiger partial charge in [0.2, 0.25) is 0 Å². The Kier molecular flexibility index (Phi) is 9.35. The van der Waals surface area contributed by atoms with Crippen LogP contribution in [-0.4, -0.2) is 44.3 Å². The molecule has 0 spiro atoms. The third-order valence-electron chi connectivity index (χ3n) is 2.46. The van der Waals surface area contributed by atoms with Crippen molar-refractivity contribution in [3.05, 3.63) is 0 Å². The molecule has 0 saturated carbocycles. The molecule has 0 fully saturated rings. The molecule has 0 aliphatic rings. The van der Waals surface area contributed by atoms with E-state index in [1.165, 1.54) is 19.4 Å². The van der Waals surface area contributed by atoms with Crippen molar-refractivity contribution in [1.29, 1.82) is 0 Å². The highest BCUT2D eigenvalue weighted by Crippen LogP contribution is 1.98. The molecule has 0 aromatic heterocycles. The topological polar surface area (TPSA) is 38.5 Å². The average Bonchev–Trinajstić information content (AvgIpc) is 2.21. The Balaban J connectivity index is 3.57. The van der Waals surface area contributed by atoms with Crippen molar-refractivity contribution in [2.75, 3.05) is 33.4 Å². The van der Waals surface area contributed by atoms with Crippen molar-refractivity contribution in [2.45, 2.75) is 39.2 Å². The van der Waals surface area contributed by atoms with E-state index < -0.39 is 0 Å². The SMILES string of the molecule is CCCCN(CC)CC(N)CCOC. The monoisotopic (exact) mass is 202 g/mol. The number of unbranched alkanes of at least 4 members (excludes halogenated alkanes) is 1. The van der Waals surface area contributed by atoms with Crippen LogP contribution in [0, 0.1) is 0 Å². The fourth-order valence-electron chi connectivity index (χ4n) is 1.45. The van der Waals surface area contributed by atoms with E-state index in [0.717, 1.165) is 26.1 Å². The Morgan fingerprint density at radius 3 is 2.57 bits per heavy atom. The second-order valence-corrected chi connectivity index (χ2v) is 3.79. The van der Waals surface area contributed by atoms with Crippen molar-refractivity contribution in [1.82, 2.24) is 4.90 Å². The molecule has 0 radical (unpaired) electrons. The summed E-state index contributed by atoms with van der Waals surface area (Å²) in [4.78, 5) is 2.42. The Bertz CT molecular complexity index is 120. The number of ether oxygens (including phenoxy) is 1. The molecular weight excluding hydrogens is 176 g/mol. The Morgan fingerprint density at radius 1 is 1.36 bits per heavy atom. The molecule has 0 saturated heterocycles. The second kappa shape index (κ2) is 9.44. The lowest BCUT2D eigenvalue weighted by Crippen LogP contribution is -2.38. The molecule has 0 aromatic carbocycles. The first kappa shape index (κ1) is 13.9. The maximum Gasteiger partial charge on any atom is 0.0477 e. The molecule has 0 aliphatic heterocycles. The van der Waals surface area contributed by atoms with Gasteiger partial charge in [0.15, 0.2) is 0 Å². The first-order valence-corrected chi connectivity index (χ1v) is 5.71. The van der Waals surface area contributed by atoms with E-state index in [9.17, 15) is 0 Å². The zero-order valence-electron chi connectivity index (χ0n) is 9.96. The van der Waals surface area contributed by atoms with E-state index in [2.05, 4.69) is 18.7 Å². The number of hydrogen-bond acceptors (Lipinski definition) is 3. The highest BCUT2D eigenvalue weighted by Gasteiger charge is 2.07. The summed E-state index contributed by atoms with van der Waals surface area (Å²) in [5.74, 6) is 0. The summed E-state index contributed by atoms with van der Waals surface area (Å²) in [6, 6.07) is 0.256. The third kappa shape index (κ3) is 7.30. The van der Waals surface area contributed by atoms with Gasteiger partial charge < -0.3 is 15.4 Å².